The summed E-state index contributed by atoms with van der Waals surface area (Å²) in [7, 11) is 0. The molecule has 7 heteroatoms. The van der Waals surface area contributed by atoms with Crippen LogP contribution in [-0.2, 0) is 17.9 Å². The molecule has 2 aromatic carbocycles. The van der Waals surface area contributed by atoms with E-state index < -0.39 is 0 Å². The summed E-state index contributed by atoms with van der Waals surface area (Å²) in [4.78, 5) is 2.40. The van der Waals surface area contributed by atoms with Gasteiger partial charge in [0.15, 0.2) is 11.5 Å². The SMILES string of the molecule is CCOc1cc(CNCCN2CCOCC2)cc(Cl)c1OCc1cccc(Cl)c1. The molecule has 0 aliphatic carbocycles. The van der Waals surface area contributed by atoms with Crippen molar-refractivity contribution in [3.63, 3.8) is 0 Å². The normalized spacial score (nSPS) is 14.7. The van der Waals surface area contributed by atoms with E-state index in [1.807, 2.05) is 43.3 Å². The van der Waals surface area contributed by atoms with Gasteiger partial charge >= 0.3 is 0 Å². The summed E-state index contributed by atoms with van der Waals surface area (Å²) in [5, 5.41) is 4.70. The van der Waals surface area contributed by atoms with E-state index in [9.17, 15) is 0 Å². The Morgan fingerprint density at radius 3 is 2.66 bits per heavy atom. The largest absolute Gasteiger partial charge is 0.490 e. The molecule has 0 amide bonds. The summed E-state index contributed by atoms with van der Waals surface area (Å²) < 4.78 is 17.1. The van der Waals surface area contributed by atoms with Gasteiger partial charge in [0.05, 0.1) is 24.8 Å². The van der Waals surface area contributed by atoms with Gasteiger partial charge in [0.25, 0.3) is 0 Å². The lowest BCUT2D eigenvalue weighted by Gasteiger charge is -2.26. The highest BCUT2D eigenvalue weighted by Crippen LogP contribution is 2.37. The molecular formula is C22H28Cl2N2O3. The van der Waals surface area contributed by atoms with Gasteiger partial charge in [-0.15, -0.1) is 0 Å². The fourth-order valence-electron chi connectivity index (χ4n) is 3.20. The topological polar surface area (TPSA) is 43.0 Å². The molecule has 0 atom stereocenters. The van der Waals surface area contributed by atoms with E-state index in [2.05, 4.69) is 10.2 Å². The molecule has 0 spiro atoms. The van der Waals surface area contributed by atoms with Gasteiger partial charge in [-0.05, 0) is 42.3 Å². The van der Waals surface area contributed by atoms with Crippen LogP contribution in [0.15, 0.2) is 36.4 Å². The summed E-state index contributed by atoms with van der Waals surface area (Å²) in [5.74, 6) is 1.22. The Kier molecular flexibility index (Phi) is 8.90. The maximum Gasteiger partial charge on any atom is 0.180 e. The number of nitrogens with zero attached hydrogens (tertiary/aromatic N) is 1. The molecule has 1 heterocycles. The van der Waals surface area contributed by atoms with E-state index >= 15 is 0 Å². The standard InChI is InChI=1S/C22H28Cl2N2O3/c1-2-28-21-14-18(15-25-6-7-26-8-10-27-11-9-26)13-20(24)22(21)29-16-17-4-3-5-19(23)12-17/h3-5,12-14,25H,2,6-11,15-16H2,1H3. The molecule has 1 N–H and O–H groups in total. The molecule has 1 aliphatic heterocycles. The molecule has 0 aromatic heterocycles. The zero-order valence-electron chi connectivity index (χ0n) is 16.8. The number of morpholine rings is 1. The highest BCUT2D eigenvalue weighted by atomic mass is 35.5. The highest BCUT2D eigenvalue weighted by Gasteiger charge is 2.14. The zero-order valence-corrected chi connectivity index (χ0v) is 18.3. The maximum absolute atomic E-state index is 6.52. The lowest BCUT2D eigenvalue weighted by atomic mass is 10.2. The predicted molar refractivity (Wildman–Crippen MR) is 117 cm³/mol. The lowest BCUT2D eigenvalue weighted by molar-refractivity contribution is 0.0384. The van der Waals surface area contributed by atoms with Gasteiger partial charge in [-0.2, -0.15) is 0 Å². The van der Waals surface area contributed by atoms with Crippen molar-refractivity contribution in [1.29, 1.82) is 0 Å². The zero-order chi connectivity index (χ0) is 20.5. The van der Waals surface area contributed by atoms with E-state index in [1.54, 1.807) is 0 Å². The Morgan fingerprint density at radius 1 is 1.07 bits per heavy atom. The van der Waals surface area contributed by atoms with Crippen LogP contribution in [-0.4, -0.2) is 50.9 Å². The second-order valence-electron chi connectivity index (χ2n) is 6.89. The average Bonchev–Trinajstić information content (AvgIpc) is 2.72. The van der Waals surface area contributed by atoms with Crippen LogP contribution < -0.4 is 14.8 Å². The molecule has 29 heavy (non-hydrogen) atoms. The fraction of sp³-hybridized carbons (Fsp3) is 0.455. The molecule has 158 valence electrons. The molecule has 0 unspecified atom stereocenters. The Balaban J connectivity index is 1.57. The second-order valence-corrected chi connectivity index (χ2v) is 7.73. The van der Waals surface area contributed by atoms with Crippen molar-refractivity contribution in [1.82, 2.24) is 10.2 Å². The first-order valence-corrected chi connectivity index (χ1v) is 10.7. The van der Waals surface area contributed by atoms with E-state index in [4.69, 9.17) is 37.4 Å². The van der Waals surface area contributed by atoms with Gasteiger partial charge < -0.3 is 19.5 Å². The van der Waals surface area contributed by atoms with Gasteiger partial charge in [-0.25, -0.2) is 0 Å². The monoisotopic (exact) mass is 438 g/mol. The van der Waals surface area contributed by atoms with Crippen molar-refractivity contribution in [2.45, 2.75) is 20.1 Å². The van der Waals surface area contributed by atoms with Crippen LogP contribution in [0.4, 0.5) is 0 Å². The highest BCUT2D eigenvalue weighted by molar-refractivity contribution is 6.32. The smallest absolute Gasteiger partial charge is 0.180 e. The quantitative estimate of drug-likeness (QED) is 0.557. The number of ether oxygens (including phenoxy) is 3. The Labute approximate surface area is 182 Å². The molecule has 0 saturated carbocycles. The molecular weight excluding hydrogens is 411 g/mol. The molecule has 1 fully saturated rings. The van der Waals surface area contributed by atoms with Crippen LogP contribution >= 0.6 is 23.2 Å². The summed E-state index contributed by atoms with van der Waals surface area (Å²) in [6, 6.07) is 11.5. The van der Waals surface area contributed by atoms with Crippen LogP contribution in [0.2, 0.25) is 10.0 Å². The van der Waals surface area contributed by atoms with Crippen LogP contribution in [0.1, 0.15) is 18.1 Å². The number of nitrogens with one attached hydrogen (secondary N) is 1. The van der Waals surface area contributed by atoms with Gasteiger partial charge in [-0.1, -0.05) is 35.3 Å². The number of rotatable bonds is 10. The van der Waals surface area contributed by atoms with Crippen LogP contribution in [0.3, 0.4) is 0 Å². The van der Waals surface area contributed by atoms with Crippen LogP contribution in [0, 0.1) is 0 Å². The molecule has 0 radical (unpaired) electrons. The van der Waals surface area contributed by atoms with Crippen molar-refractivity contribution < 1.29 is 14.2 Å². The van der Waals surface area contributed by atoms with Crippen molar-refractivity contribution in [3.05, 3.63) is 57.6 Å². The molecule has 0 bridgehead atoms. The Hall–Kier alpha value is -1.50. The third-order valence-corrected chi connectivity index (χ3v) is 5.19. The average molecular weight is 439 g/mol. The van der Waals surface area contributed by atoms with Gasteiger partial charge in [0.1, 0.15) is 6.61 Å². The third kappa shape index (κ3) is 7.05. The molecule has 2 aromatic rings. The summed E-state index contributed by atoms with van der Waals surface area (Å²) in [6.45, 7) is 9.15. The van der Waals surface area contributed by atoms with E-state index in [1.165, 1.54) is 0 Å². The first-order chi connectivity index (χ1) is 14.2. The van der Waals surface area contributed by atoms with Crippen molar-refractivity contribution >= 4 is 23.2 Å². The number of halogens is 2. The Morgan fingerprint density at radius 2 is 1.90 bits per heavy atom. The maximum atomic E-state index is 6.52. The van der Waals surface area contributed by atoms with Gasteiger partial charge in [0, 0.05) is 37.7 Å². The van der Waals surface area contributed by atoms with E-state index in [0.717, 1.165) is 57.1 Å². The van der Waals surface area contributed by atoms with E-state index in [-0.39, 0.29) is 0 Å². The first-order valence-electron chi connectivity index (χ1n) is 9.99. The number of benzene rings is 2. The Bertz CT molecular complexity index is 783. The second kappa shape index (κ2) is 11.6. The summed E-state index contributed by atoms with van der Waals surface area (Å²) in [6.07, 6.45) is 0. The van der Waals surface area contributed by atoms with Gasteiger partial charge in [0.2, 0.25) is 0 Å². The molecule has 5 nitrogen and oxygen atoms in total. The molecule has 3 rings (SSSR count). The minimum atomic E-state index is 0.373. The lowest BCUT2D eigenvalue weighted by Crippen LogP contribution is -2.40. The minimum absolute atomic E-state index is 0.373. The summed E-state index contributed by atoms with van der Waals surface area (Å²) >= 11 is 12.6. The van der Waals surface area contributed by atoms with Crippen molar-refractivity contribution in [2.24, 2.45) is 0 Å². The number of hydrogen-bond acceptors (Lipinski definition) is 5. The third-order valence-electron chi connectivity index (χ3n) is 4.68. The minimum Gasteiger partial charge on any atom is -0.490 e. The predicted octanol–water partition coefficient (Wildman–Crippen LogP) is 4.39. The van der Waals surface area contributed by atoms with Crippen molar-refractivity contribution in [2.75, 3.05) is 46.0 Å². The van der Waals surface area contributed by atoms with Crippen molar-refractivity contribution in [3.8, 4) is 11.5 Å². The summed E-state index contributed by atoms with van der Waals surface area (Å²) in [5.41, 5.74) is 2.04. The first kappa shape index (κ1) is 22.2. The molecule has 1 aliphatic rings. The van der Waals surface area contributed by atoms with Crippen LogP contribution in [0.25, 0.3) is 0 Å². The van der Waals surface area contributed by atoms with E-state index in [0.29, 0.717) is 34.8 Å². The fourth-order valence-corrected chi connectivity index (χ4v) is 3.70. The van der Waals surface area contributed by atoms with Gasteiger partial charge in [-0.3, -0.25) is 4.90 Å². The number of hydrogen-bond donors (Lipinski definition) is 1. The van der Waals surface area contributed by atoms with Crippen LogP contribution in [0.5, 0.6) is 11.5 Å². The molecule has 1 saturated heterocycles.